The van der Waals surface area contributed by atoms with Crippen LogP contribution in [0.2, 0.25) is 0 Å². The van der Waals surface area contributed by atoms with E-state index in [9.17, 15) is 10.1 Å². The molecule has 1 aliphatic heterocycles. The highest BCUT2D eigenvalue weighted by atomic mass is 16.7. The molecule has 1 aromatic carbocycles. The van der Waals surface area contributed by atoms with Gasteiger partial charge in [-0.05, 0) is 52.8 Å². The smallest absolute Gasteiger partial charge is 0.399 e. The number of nitro groups is 1. The second-order valence-electron chi connectivity index (χ2n) is 6.97. The summed E-state index contributed by atoms with van der Waals surface area (Å²) in [4.78, 5) is 12.7. The van der Waals surface area contributed by atoms with Crippen molar-refractivity contribution in [3.63, 3.8) is 0 Å². The highest BCUT2D eigenvalue weighted by Gasteiger charge is 2.52. The van der Waals surface area contributed by atoms with Crippen molar-refractivity contribution in [2.45, 2.75) is 45.4 Å². The third-order valence-corrected chi connectivity index (χ3v) is 4.33. The molecule has 0 saturated carbocycles. The Morgan fingerprint density at radius 1 is 1.18 bits per heavy atom. The molecule has 1 fully saturated rings. The van der Waals surface area contributed by atoms with Crippen LogP contribution in [0.1, 0.15) is 33.3 Å². The van der Waals surface area contributed by atoms with Crippen LogP contribution in [0.25, 0.3) is 0 Å². The minimum absolute atomic E-state index is 0.0484. The molecule has 1 aliphatic rings. The van der Waals surface area contributed by atoms with Crippen LogP contribution in [0.4, 0.5) is 5.69 Å². The maximum atomic E-state index is 11.1. The van der Waals surface area contributed by atoms with E-state index in [2.05, 4.69) is 0 Å². The predicted octanol–water partition coefficient (Wildman–Crippen LogP) is 1.96. The topological polar surface area (TPSA) is 64.8 Å². The first-order valence-corrected chi connectivity index (χ1v) is 7.31. The number of nitro benzene ring substituents is 1. The molecular formula is C15H23BN2O4. The lowest BCUT2D eigenvalue weighted by Crippen LogP contribution is -2.41. The third-order valence-electron chi connectivity index (χ3n) is 4.33. The van der Waals surface area contributed by atoms with E-state index in [0.29, 0.717) is 6.54 Å². The molecule has 1 saturated heterocycles. The zero-order valence-electron chi connectivity index (χ0n) is 14.0. The minimum Gasteiger partial charge on any atom is -0.399 e. The Morgan fingerprint density at radius 3 is 2.18 bits per heavy atom. The van der Waals surface area contributed by atoms with Gasteiger partial charge in [-0.1, -0.05) is 6.07 Å². The Labute approximate surface area is 131 Å². The molecule has 0 aliphatic carbocycles. The van der Waals surface area contributed by atoms with Crippen molar-refractivity contribution >= 4 is 18.3 Å². The van der Waals surface area contributed by atoms with Crippen LogP contribution in [0.15, 0.2) is 18.2 Å². The Morgan fingerprint density at radius 2 is 1.73 bits per heavy atom. The lowest BCUT2D eigenvalue weighted by molar-refractivity contribution is -0.384. The molecule has 0 spiro atoms. The first-order valence-electron chi connectivity index (χ1n) is 7.31. The first-order chi connectivity index (χ1) is 10.0. The molecule has 22 heavy (non-hydrogen) atoms. The largest absolute Gasteiger partial charge is 0.495 e. The summed E-state index contributed by atoms with van der Waals surface area (Å²) < 4.78 is 12.1. The van der Waals surface area contributed by atoms with Gasteiger partial charge in [-0.15, -0.1) is 0 Å². The highest BCUT2D eigenvalue weighted by molar-refractivity contribution is 6.62. The van der Waals surface area contributed by atoms with Crippen LogP contribution in [0, 0.1) is 10.1 Å². The van der Waals surface area contributed by atoms with Gasteiger partial charge < -0.3 is 14.2 Å². The third kappa shape index (κ3) is 3.16. The van der Waals surface area contributed by atoms with Crippen LogP contribution < -0.4 is 5.46 Å². The van der Waals surface area contributed by atoms with Gasteiger partial charge in [0.1, 0.15) is 0 Å². The normalized spacial score (nSPS) is 19.7. The van der Waals surface area contributed by atoms with E-state index < -0.39 is 23.2 Å². The monoisotopic (exact) mass is 306 g/mol. The lowest BCUT2D eigenvalue weighted by atomic mass is 9.75. The Kier molecular flexibility index (Phi) is 4.34. The molecule has 2 rings (SSSR count). The SMILES string of the molecule is CN(C)Cc1ccc([N+](=O)[O-])cc1B1OC(C)(C)C(C)(C)O1. The van der Waals surface area contributed by atoms with Crippen LogP contribution in [-0.4, -0.2) is 42.2 Å². The van der Waals surface area contributed by atoms with Crippen LogP contribution in [0.3, 0.4) is 0 Å². The standard InChI is InChI=1S/C15H23BN2O4/c1-14(2)15(3,4)22-16(21-14)13-9-12(18(19)20)8-7-11(13)10-17(5)6/h7-9H,10H2,1-6H3. The molecule has 0 unspecified atom stereocenters. The van der Waals surface area contributed by atoms with Gasteiger partial charge in [-0.2, -0.15) is 0 Å². The Balaban J connectivity index is 2.44. The summed E-state index contributed by atoms with van der Waals surface area (Å²) in [7, 11) is 3.31. The molecule has 6 nitrogen and oxygen atoms in total. The van der Waals surface area contributed by atoms with Gasteiger partial charge in [0.25, 0.3) is 5.69 Å². The summed E-state index contributed by atoms with van der Waals surface area (Å²) >= 11 is 0. The summed E-state index contributed by atoms with van der Waals surface area (Å²) in [6, 6.07) is 4.85. The maximum absolute atomic E-state index is 11.1. The molecule has 0 N–H and O–H groups in total. The highest BCUT2D eigenvalue weighted by Crippen LogP contribution is 2.37. The molecule has 0 amide bonds. The van der Waals surface area contributed by atoms with Gasteiger partial charge in [-0.3, -0.25) is 10.1 Å². The molecule has 0 aromatic heterocycles. The molecule has 120 valence electrons. The van der Waals surface area contributed by atoms with E-state index in [1.807, 2.05) is 46.7 Å². The fourth-order valence-electron chi connectivity index (χ4n) is 2.37. The average molecular weight is 306 g/mol. The second-order valence-corrected chi connectivity index (χ2v) is 6.97. The zero-order valence-corrected chi connectivity index (χ0v) is 14.0. The van der Waals surface area contributed by atoms with Crippen molar-refractivity contribution in [3.8, 4) is 0 Å². The zero-order chi connectivity index (χ0) is 16.7. The summed E-state index contributed by atoms with van der Waals surface area (Å²) in [5, 5.41) is 11.1. The van der Waals surface area contributed by atoms with Crippen molar-refractivity contribution < 1.29 is 14.2 Å². The van der Waals surface area contributed by atoms with Crippen molar-refractivity contribution in [1.82, 2.24) is 4.90 Å². The van der Waals surface area contributed by atoms with Crippen LogP contribution >= 0.6 is 0 Å². The van der Waals surface area contributed by atoms with Crippen molar-refractivity contribution in [1.29, 1.82) is 0 Å². The fourth-order valence-corrected chi connectivity index (χ4v) is 2.37. The van der Waals surface area contributed by atoms with Crippen molar-refractivity contribution in [2.75, 3.05) is 14.1 Å². The first kappa shape index (κ1) is 16.9. The van der Waals surface area contributed by atoms with Gasteiger partial charge in [-0.25, -0.2) is 0 Å². The van der Waals surface area contributed by atoms with E-state index in [1.165, 1.54) is 6.07 Å². The van der Waals surface area contributed by atoms with E-state index in [1.54, 1.807) is 12.1 Å². The summed E-state index contributed by atoms with van der Waals surface area (Å²) in [6.45, 7) is 8.54. The Bertz CT molecular complexity index is 571. The lowest BCUT2D eigenvalue weighted by Gasteiger charge is -2.32. The van der Waals surface area contributed by atoms with Gasteiger partial charge in [0.15, 0.2) is 0 Å². The summed E-state index contributed by atoms with van der Waals surface area (Å²) in [5.74, 6) is 0. The van der Waals surface area contributed by atoms with Gasteiger partial charge in [0, 0.05) is 18.7 Å². The quantitative estimate of drug-likeness (QED) is 0.483. The number of non-ortho nitro benzene ring substituents is 1. The summed E-state index contributed by atoms with van der Waals surface area (Å²) in [6.07, 6.45) is 0. The molecule has 0 bridgehead atoms. The van der Waals surface area contributed by atoms with E-state index in [0.717, 1.165) is 11.0 Å². The molecule has 1 heterocycles. The van der Waals surface area contributed by atoms with Crippen molar-refractivity contribution in [2.24, 2.45) is 0 Å². The van der Waals surface area contributed by atoms with E-state index >= 15 is 0 Å². The molecule has 0 atom stereocenters. The maximum Gasteiger partial charge on any atom is 0.495 e. The number of hydrogen-bond donors (Lipinski definition) is 0. The van der Waals surface area contributed by atoms with E-state index in [4.69, 9.17) is 9.31 Å². The molecule has 1 aromatic rings. The van der Waals surface area contributed by atoms with E-state index in [-0.39, 0.29) is 5.69 Å². The number of benzene rings is 1. The number of rotatable bonds is 4. The minimum atomic E-state index is -0.597. The average Bonchev–Trinajstić information content (AvgIpc) is 2.57. The van der Waals surface area contributed by atoms with Crippen LogP contribution in [0.5, 0.6) is 0 Å². The van der Waals surface area contributed by atoms with Gasteiger partial charge in [0.2, 0.25) is 0 Å². The second kappa shape index (κ2) is 5.64. The number of nitrogens with zero attached hydrogens (tertiary/aromatic N) is 2. The number of hydrogen-bond acceptors (Lipinski definition) is 5. The molecular weight excluding hydrogens is 283 g/mol. The van der Waals surface area contributed by atoms with Gasteiger partial charge in [0.05, 0.1) is 16.1 Å². The van der Waals surface area contributed by atoms with Gasteiger partial charge >= 0.3 is 7.12 Å². The molecule has 0 radical (unpaired) electrons. The van der Waals surface area contributed by atoms with Crippen molar-refractivity contribution in [3.05, 3.63) is 33.9 Å². The van der Waals surface area contributed by atoms with Crippen LogP contribution in [-0.2, 0) is 15.9 Å². The Hall–Kier alpha value is -1.44. The fraction of sp³-hybridized carbons (Fsp3) is 0.600. The predicted molar refractivity (Wildman–Crippen MR) is 86.2 cm³/mol. The summed E-state index contributed by atoms with van der Waals surface area (Å²) in [5.41, 5.74) is 0.790. The molecule has 7 heteroatoms.